The SMILES string of the molecule is C=CCN1C(=O)C(=O)C(=C(O)c2ccc(Br)cc2)[C@@H]1c1ccccc1. The number of aliphatic hydroxyl groups excluding tert-OH is 1. The van der Waals surface area contributed by atoms with Crippen LogP contribution < -0.4 is 0 Å². The van der Waals surface area contributed by atoms with Crippen LogP contribution in [0, 0.1) is 0 Å². The van der Waals surface area contributed by atoms with Gasteiger partial charge in [0.1, 0.15) is 5.76 Å². The lowest BCUT2D eigenvalue weighted by Gasteiger charge is -2.24. The number of ketones is 1. The van der Waals surface area contributed by atoms with E-state index in [4.69, 9.17) is 0 Å². The van der Waals surface area contributed by atoms with Gasteiger partial charge in [0.15, 0.2) is 0 Å². The van der Waals surface area contributed by atoms with E-state index in [2.05, 4.69) is 22.5 Å². The van der Waals surface area contributed by atoms with Crippen molar-refractivity contribution in [2.24, 2.45) is 0 Å². The van der Waals surface area contributed by atoms with Crippen molar-refractivity contribution < 1.29 is 14.7 Å². The van der Waals surface area contributed by atoms with E-state index in [0.717, 1.165) is 10.0 Å². The van der Waals surface area contributed by atoms with Gasteiger partial charge in [-0.2, -0.15) is 0 Å². The minimum atomic E-state index is -0.684. The predicted molar refractivity (Wildman–Crippen MR) is 99.8 cm³/mol. The van der Waals surface area contributed by atoms with Gasteiger partial charge >= 0.3 is 0 Å². The van der Waals surface area contributed by atoms with E-state index in [1.165, 1.54) is 4.90 Å². The van der Waals surface area contributed by atoms with Crippen molar-refractivity contribution in [1.29, 1.82) is 0 Å². The Morgan fingerprint density at radius 1 is 1.12 bits per heavy atom. The standard InChI is InChI=1S/C20H16BrNO3/c1-2-12-22-17(13-6-4-3-5-7-13)16(19(24)20(22)25)18(23)14-8-10-15(21)11-9-14/h2-11,17,23H,1,12H2/t17-/m0/s1. The largest absolute Gasteiger partial charge is 0.507 e. The number of benzene rings is 2. The van der Waals surface area contributed by atoms with Crippen molar-refractivity contribution in [2.45, 2.75) is 6.04 Å². The van der Waals surface area contributed by atoms with Crippen LogP contribution in [-0.2, 0) is 9.59 Å². The number of hydrogen-bond acceptors (Lipinski definition) is 3. The van der Waals surface area contributed by atoms with E-state index in [-0.39, 0.29) is 17.9 Å². The summed E-state index contributed by atoms with van der Waals surface area (Å²) in [5, 5.41) is 10.8. The number of Topliss-reactive ketones (excluding diaryl/α,β-unsaturated/α-hetero) is 1. The van der Waals surface area contributed by atoms with Gasteiger partial charge in [-0.1, -0.05) is 64.5 Å². The number of aliphatic hydroxyl groups is 1. The Kier molecular flexibility index (Phi) is 4.86. The van der Waals surface area contributed by atoms with Crippen molar-refractivity contribution in [3.8, 4) is 0 Å². The van der Waals surface area contributed by atoms with Crippen LogP contribution in [0.4, 0.5) is 0 Å². The second-order valence-electron chi connectivity index (χ2n) is 5.66. The Morgan fingerprint density at radius 3 is 2.36 bits per heavy atom. The van der Waals surface area contributed by atoms with Crippen LogP contribution in [0.15, 0.2) is 77.3 Å². The third-order valence-electron chi connectivity index (χ3n) is 4.10. The van der Waals surface area contributed by atoms with Crippen molar-refractivity contribution in [1.82, 2.24) is 4.90 Å². The minimum absolute atomic E-state index is 0.0976. The number of amides is 1. The van der Waals surface area contributed by atoms with E-state index in [9.17, 15) is 14.7 Å². The average Bonchev–Trinajstić information content (AvgIpc) is 2.88. The molecule has 1 atom stereocenters. The van der Waals surface area contributed by atoms with E-state index >= 15 is 0 Å². The van der Waals surface area contributed by atoms with E-state index in [1.807, 2.05) is 30.3 Å². The predicted octanol–water partition coefficient (Wildman–Crippen LogP) is 4.06. The monoisotopic (exact) mass is 397 g/mol. The first kappa shape index (κ1) is 17.2. The average molecular weight is 398 g/mol. The van der Waals surface area contributed by atoms with E-state index in [1.54, 1.807) is 30.3 Å². The highest BCUT2D eigenvalue weighted by molar-refractivity contribution is 9.10. The fourth-order valence-corrected chi connectivity index (χ4v) is 3.22. The molecule has 1 fully saturated rings. The summed E-state index contributed by atoms with van der Waals surface area (Å²) in [5.41, 5.74) is 1.35. The van der Waals surface area contributed by atoms with Gasteiger partial charge in [0.2, 0.25) is 0 Å². The van der Waals surface area contributed by atoms with Gasteiger partial charge in [-0.25, -0.2) is 0 Å². The molecule has 5 heteroatoms. The summed E-state index contributed by atoms with van der Waals surface area (Å²) in [4.78, 5) is 26.5. The summed E-state index contributed by atoms with van der Waals surface area (Å²) in [6, 6.07) is 15.5. The number of carbonyl (C=O) groups is 2. The lowest BCUT2D eigenvalue weighted by Crippen LogP contribution is -2.29. The number of rotatable bonds is 4. The summed E-state index contributed by atoms with van der Waals surface area (Å²) in [5.74, 6) is -1.49. The summed E-state index contributed by atoms with van der Waals surface area (Å²) >= 11 is 3.34. The van der Waals surface area contributed by atoms with Crippen LogP contribution in [0.2, 0.25) is 0 Å². The Balaban J connectivity index is 2.19. The van der Waals surface area contributed by atoms with Crippen LogP contribution in [0.1, 0.15) is 17.2 Å². The fraction of sp³-hybridized carbons (Fsp3) is 0.100. The summed E-state index contributed by atoms with van der Waals surface area (Å²) < 4.78 is 0.857. The molecule has 2 aromatic rings. The second kappa shape index (κ2) is 7.07. The molecule has 0 spiro atoms. The summed E-state index contributed by atoms with van der Waals surface area (Å²) in [6.07, 6.45) is 1.57. The molecule has 1 aliphatic rings. The first-order valence-electron chi connectivity index (χ1n) is 7.74. The Labute approximate surface area is 154 Å². The fourth-order valence-electron chi connectivity index (χ4n) is 2.95. The molecule has 126 valence electrons. The van der Waals surface area contributed by atoms with Crippen molar-refractivity contribution >= 4 is 33.4 Å². The normalized spacial score (nSPS) is 19.2. The third kappa shape index (κ3) is 3.15. The zero-order valence-electron chi connectivity index (χ0n) is 13.4. The molecule has 1 amide bonds. The second-order valence-corrected chi connectivity index (χ2v) is 6.57. The molecule has 0 radical (unpaired) electrons. The van der Waals surface area contributed by atoms with Crippen LogP contribution >= 0.6 is 15.9 Å². The number of halogens is 1. The lowest BCUT2D eigenvalue weighted by atomic mass is 9.95. The molecule has 0 saturated carbocycles. The molecule has 2 aromatic carbocycles. The summed E-state index contributed by atoms with van der Waals surface area (Å²) in [7, 11) is 0. The Hall–Kier alpha value is -2.66. The van der Waals surface area contributed by atoms with Gasteiger partial charge in [-0.15, -0.1) is 6.58 Å². The van der Waals surface area contributed by atoms with Crippen LogP contribution in [0.3, 0.4) is 0 Å². The molecule has 0 aromatic heterocycles. The van der Waals surface area contributed by atoms with Crippen molar-refractivity contribution in [2.75, 3.05) is 6.54 Å². The first-order valence-corrected chi connectivity index (χ1v) is 8.54. The van der Waals surface area contributed by atoms with Gasteiger partial charge in [0, 0.05) is 16.6 Å². The molecular weight excluding hydrogens is 382 g/mol. The molecular formula is C20H16BrNO3. The van der Waals surface area contributed by atoms with Crippen molar-refractivity contribution in [3.05, 3.63) is 88.4 Å². The highest BCUT2D eigenvalue weighted by atomic mass is 79.9. The Bertz CT molecular complexity index is 856. The summed E-state index contributed by atoms with van der Waals surface area (Å²) in [6.45, 7) is 3.88. The number of carbonyl (C=O) groups excluding carboxylic acids is 2. The van der Waals surface area contributed by atoms with Gasteiger partial charge in [-0.3, -0.25) is 9.59 Å². The number of nitrogens with zero attached hydrogens (tertiary/aromatic N) is 1. The van der Waals surface area contributed by atoms with Crippen LogP contribution in [0.25, 0.3) is 5.76 Å². The molecule has 3 rings (SSSR count). The maximum atomic E-state index is 12.6. The van der Waals surface area contributed by atoms with E-state index < -0.39 is 17.7 Å². The maximum Gasteiger partial charge on any atom is 0.295 e. The smallest absolute Gasteiger partial charge is 0.295 e. The van der Waals surface area contributed by atoms with Gasteiger partial charge in [0.05, 0.1) is 11.6 Å². The van der Waals surface area contributed by atoms with Gasteiger partial charge < -0.3 is 10.0 Å². The van der Waals surface area contributed by atoms with Crippen LogP contribution in [-0.4, -0.2) is 28.2 Å². The first-order chi connectivity index (χ1) is 12.0. The zero-order valence-corrected chi connectivity index (χ0v) is 14.9. The van der Waals surface area contributed by atoms with Gasteiger partial charge in [-0.05, 0) is 17.7 Å². The Morgan fingerprint density at radius 2 is 1.76 bits per heavy atom. The van der Waals surface area contributed by atoms with Crippen LogP contribution in [0.5, 0.6) is 0 Å². The molecule has 1 aliphatic heterocycles. The highest BCUT2D eigenvalue weighted by Gasteiger charge is 2.45. The molecule has 4 nitrogen and oxygen atoms in total. The van der Waals surface area contributed by atoms with E-state index in [0.29, 0.717) is 5.56 Å². The van der Waals surface area contributed by atoms with Crippen molar-refractivity contribution in [3.63, 3.8) is 0 Å². The molecule has 25 heavy (non-hydrogen) atoms. The highest BCUT2D eigenvalue weighted by Crippen LogP contribution is 2.39. The third-order valence-corrected chi connectivity index (χ3v) is 4.63. The zero-order chi connectivity index (χ0) is 18.0. The molecule has 1 N–H and O–H groups in total. The number of likely N-dealkylation sites (tertiary alicyclic amines) is 1. The molecule has 1 heterocycles. The molecule has 0 aliphatic carbocycles. The minimum Gasteiger partial charge on any atom is -0.507 e. The molecule has 0 bridgehead atoms. The number of hydrogen-bond donors (Lipinski definition) is 1. The molecule has 0 unspecified atom stereocenters. The van der Waals surface area contributed by atoms with Gasteiger partial charge in [0.25, 0.3) is 11.7 Å². The molecule has 1 saturated heterocycles. The maximum absolute atomic E-state index is 12.6. The lowest BCUT2D eigenvalue weighted by molar-refractivity contribution is -0.139. The quantitative estimate of drug-likeness (QED) is 0.366. The topological polar surface area (TPSA) is 57.6 Å².